The fourth-order valence-corrected chi connectivity index (χ4v) is 9.48. The largest absolute Gasteiger partial charge is 0.458 e. The summed E-state index contributed by atoms with van der Waals surface area (Å²) in [7, 11) is 0. The highest BCUT2D eigenvalue weighted by atomic mass is 16.6. The van der Waals surface area contributed by atoms with E-state index in [-0.39, 0.29) is 29.3 Å². The summed E-state index contributed by atoms with van der Waals surface area (Å²) >= 11 is 0. The third-order valence-electron chi connectivity index (χ3n) is 12.0. The van der Waals surface area contributed by atoms with Crippen LogP contribution in [0.25, 0.3) is 0 Å². The lowest BCUT2D eigenvalue weighted by atomic mass is 9.59. The lowest BCUT2D eigenvalue weighted by molar-refractivity contribution is -0.192. The average Bonchev–Trinajstić information content (AvgIpc) is 3.44. The van der Waals surface area contributed by atoms with Crippen LogP contribution in [0.1, 0.15) is 116 Å². The molecule has 8 heteroatoms. The standard InChI is InChI=1S/C39H54O8/c1-6-7-8-9-10-11-12-13-17-20-30(41)47-38-23-26(3)37-22-25(2)34(46-35(44)27-18-15-14-16-19-27)39(37,45)32(42)28(24-40)21-29(33(37)43)31(38)36(38,4)5/h14-16,18-19,21-22,26,29,31-32,34,40,42,45H,6-13,17,20,23-24H2,1-5H3/t26?,29-,31+,32+,34-,37-,38-,39-/m0/s1. The highest BCUT2D eigenvalue weighted by Crippen LogP contribution is 2.75. The van der Waals surface area contributed by atoms with Gasteiger partial charge in [0.1, 0.15) is 11.7 Å². The number of ketones is 1. The molecule has 8 nitrogen and oxygen atoms in total. The van der Waals surface area contributed by atoms with Gasteiger partial charge in [-0.25, -0.2) is 4.79 Å². The second-order valence-electron chi connectivity index (χ2n) is 15.2. The number of aliphatic hydroxyl groups excluding tert-OH is 2. The van der Waals surface area contributed by atoms with E-state index in [1.165, 1.54) is 38.5 Å². The minimum atomic E-state index is -2.29. The van der Waals surface area contributed by atoms with Gasteiger partial charge in [0.05, 0.1) is 17.6 Å². The Bertz CT molecular complexity index is 1400. The number of hydrogen-bond donors (Lipinski definition) is 3. The number of aliphatic hydroxyl groups is 3. The van der Waals surface area contributed by atoms with Gasteiger partial charge in [-0.05, 0) is 49.0 Å². The molecule has 2 fully saturated rings. The number of ether oxygens (including phenoxy) is 2. The van der Waals surface area contributed by atoms with Crippen molar-refractivity contribution in [2.45, 2.75) is 129 Å². The Labute approximate surface area is 279 Å². The topological polar surface area (TPSA) is 130 Å². The van der Waals surface area contributed by atoms with Crippen LogP contribution in [0.4, 0.5) is 0 Å². The SMILES string of the molecule is CCCCCCCCCCCC(=O)O[C@@]12CC(C)[C@]34C=C(C)[C@H](OC(=O)c5ccccc5)[C@@]3(O)[C@H](O)C(CO)=C[C@H](C4=O)[C@@H]1C2(C)C. The van der Waals surface area contributed by atoms with Crippen LogP contribution in [0.15, 0.2) is 53.6 Å². The lowest BCUT2D eigenvalue weighted by Gasteiger charge is -2.49. The van der Waals surface area contributed by atoms with E-state index in [1.54, 1.807) is 49.4 Å². The number of benzene rings is 1. The van der Waals surface area contributed by atoms with Crippen LogP contribution >= 0.6 is 0 Å². The molecular weight excluding hydrogens is 596 g/mol. The van der Waals surface area contributed by atoms with Crippen LogP contribution < -0.4 is 0 Å². The zero-order chi connectivity index (χ0) is 34.2. The van der Waals surface area contributed by atoms with E-state index in [0.29, 0.717) is 12.0 Å². The van der Waals surface area contributed by atoms with Crippen LogP contribution in [0.3, 0.4) is 0 Å². The van der Waals surface area contributed by atoms with E-state index < -0.39 is 64.6 Å². The molecule has 4 aliphatic rings. The molecule has 8 atom stereocenters. The quantitative estimate of drug-likeness (QED) is 0.122. The molecule has 1 unspecified atom stereocenters. The Balaban J connectivity index is 1.40. The normalized spacial score (nSPS) is 35.1. The van der Waals surface area contributed by atoms with E-state index >= 15 is 0 Å². The van der Waals surface area contributed by atoms with Crippen LogP contribution in [0.5, 0.6) is 0 Å². The number of hydrogen-bond acceptors (Lipinski definition) is 8. The summed E-state index contributed by atoms with van der Waals surface area (Å²) in [6.45, 7) is 9.14. The number of allylic oxidation sites excluding steroid dienone is 1. The smallest absolute Gasteiger partial charge is 0.338 e. The van der Waals surface area contributed by atoms with E-state index in [1.807, 2.05) is 20.8 Å². The van der Waals surface area contributed by atoms with Crippen LogP contribution in [-0.4, -0.2) is 63.1 Å². The number of unbranched alkanes of at least 4 members (excludes halogenated alkanes) is 8. The molecular formula is C39H54O8. The van der Waals surface area contributed by atoms with Gasteiger partial charge in [0.15, 0.2) is 17.5 Å². The van der Waals surface area contributed by atoms with E-state index in [2.05, 4.69) is 6.92 Å². The van der Waals surface area contributed by atoms with Gasteiger partial charge in [-0.15, -0.1) is 0 Å². The summed E-state index contributed by atoms with van der Waals surface area (Å²) in [5, 5.41) is 35.0. The number of fused-ring (bicyclic) bond motifs is 3. The van der Waals surface area contributed by atoms with Crippen LogP contribution in [0, 0.1) is 28.6 Å². The zero-order valence-corrected chi connectivity index (χ0v) is 28.8. The summed E-state index contributed by atoms with van der Waals surface area (Å²) in [6.07, 6.45) is 11.1. The van der Waals surface area contributed by atoms with Crippen molar-refractivity contribution in [2.24, 2.45) is 28.6 Å². The van der Waals surface area contributed by atoms with Gasteiger partial charge in [-0.2, -0.15) is 0 Å². The van der Waals surface area contributed by atoms with Crippen molar-refractivity contribution in [1.82, 2.24) is 0 Å². The second-order valence-corrected chi connectivity index (χ2v) is 15.2. The molecule has 0 heterocycles. The van der Waals surface area contributed by atoms with Crippen molar-refractivity contribution in [3.8, 4) is 0 Å². The number of carbonyl (C=O) groups is 3. The molecule has 3 N–H and O–H groups in total. The summed E-state index contributed by atoms with van der Waals surface area (Å²) in [6, 6.07) is 8.35. The molecule has 0 amide bonds. The van der Waals surface area contributed by atoms with Crippen molar-refractivity contribution < 1.29 is 39.2 Å². The molecule has 47 heavy (non-hydrogen) atoms. The molecule has 2 saturated carbocycles. The molecule has 5 rings (SSSR count). The van der Waals surface area contributed by atoms with Gasteiger partial charge in [0.25, 0.3) is 0 Å². The summed E-state index contributed by atoms with van der Waals surface area (Å²) in [5.74, 6) is -3.16. The monoisotopic (exact) mass is 650 g/mol. The Morgan fingerprint density at radius 3 is 2.21 bits per heavy atom. The average molecular weight is 651 g/mol. The van der Waals surface area contributed by atoms with Gasteiger partial charge >= 0.3 is 11.9 Å². The maximum Gasteiger partial charge on any atom is 0.338 e. The Morgan fingerprint density at radius 1 is 0.979 bits per heavy atom. The molecule has 0 saturated heterocycles. The highest BCUT2D eigenvalue weighted by Gasteiger charge is 2.83. The minimum absolute atomic E-state index is 0.0864. The van der Waals surface area contributed by atoms with Gasteiger partial charge in [-0.3, -0.25) is 9.59 Å². The first-order valence-electron chi connectivity index (χ1n) is 17.8. The third kappa shape index (κ3) is 5.72. The zero-order valence-electron chi connectivity index (χ0n) is 28.8. The predicted octanol–water partition coefficient (Wildman–Crippen LogP) is 6.27. The first kappa shape index (κ1) is 35.5. The minimum Gasteiger partial charge on any atom is -0.458 e. The summed E-state index contributed by atoms with van der Waals surface area (Å²) in [4.78, 5) is 41.6. The molecule has 1 spiro atoms. The van der Waals surface area contributed by atoms with E-state index in [4.69, 9.17) is 9.47 Å². The summed E-state index contributed by atoms with van der Waals surface area (Å²) < 4.78 is 12.3. The second kappa shape index (κ2) is 13.6. The van der Waals surface area contributed by atoms with Crippen molar-refractivity contribution in [3.05, 3.63) is 59.2 Å². The molecule has 0 aromatic heterocycles. The maximum absolute atomic E-state index is 14.9. The Hall–Kier alpha value is -2.81. The highest BCUT2D eigenvalue weighted by molar-refractivity contribution is 5.96. The van der Waals surface area contributed by atoms with E-state index in [0.717, 1.165) is 19.3 Å². The third-order valence-corrected chi connectivity index (χ3v) is 12.0. The number of carbonyl (C=O) groups excluding carboxylic acids is 3. The Morgan fingerprint density at radius 2 is 1.60 bits per heavy atom. The first-order chi connectivity index (χ1) is 22.3. The first-order valence-corrected chi connectivity index (χ1v) is 17.8. The molecule has 1 aromatic rings. The molecule has 1 aromatic carbocycles. The van der Waals surface area contributed by atoms with E-state index in [9.17, 15) is 29.7 Å². The molecule has 258 valence electrons. The maximum atomic E-state index is 14.9. The molecule has 2 bridgehead atoms. The molecule has 0 aliphatic heterocycles. The molecule has 4 aliphatic carbocycles. The lowest BCUT2D eigenvalue weighted by Crippen LogP contribution is -2.66. The summed E-state index contributed by atoms with van der Waals surface area (Å²) in [5.41, 5.74) is -4.67. The van der Waals surface area contributed by atoms with Crippen molar-refractivity contribution in [2.75, 3.05) is 6.61 Å². The van der Waals surface area contributed by atoms with Crippen molar-refractivity contribution >= 4 is 17.7 Å². The fraction of sp³-hybridized carbons (Fsp3) is 0.667. The number of rotatable bonds is 14. The van der Waals surface area contributed by atoms with Crippen LogP contribution in [-0.2, 0) is 19.1 Å². The van der Waals surface area contributed by atoms with Crippen LogP contribution in [0.2, 0.25) is 0 Å². The van der Waals surface area contributed by atoms with Gasteiger partial charge in [0.2, 0.25) is 0 Å². The molecule has 0 radical (unpaired) electrons. The van der Waals surface area contributed by atoms with Crippen molar-refractivity contribution in [3.63, 3.8) is 0 Å². The van der Waals surface area contributed by atoms with Gasteiger partial charge < -0.3 is 24.8 Å². The van der Waals surface area contributed by atoms with Gasteiger partial charge in [-0.1, -0.05) is 109 Å². The fourth-order valence-electron chi connectivity index (χ4n) is 9.48. The number of Topliss-reactive ketones (excluding diaryl/α,β-unsaturated/α-hetero) is 1. The number of esters is 2. The Kier molecular flexibility index (Phi) is 10.3. The predicted molar refractivity (Wildman–Crippen MR) is 178 cm³/mol. The van der Waals surface area contributed by atoms with Gasteiger partial charge in [0, 0.05) is 23.7 Å². The van der Waals surface area contributed by atoms with Crippen molar-refractivity contribution in [1.29, 1.82) is 0 Å².